The summed E-state index contributed by atoms with van der Waals surface area (Å²) in [6.45, 7) is 7.87. The molecule has 1 aromatic rings. The minimum atomic E-state index is -1.85. The molecule has 34 nitrogen and oxygen atoms in total. The van der Waals surface area contributed by atoms with E-state index in [2.05, 4.69) is 63.8 Å². The Kier molecular flexibility index (Phi) is 38.3. The van der Waals surface area contributed by atoms with Crippen LogP contribution in [0.1, 0.15) is 124 Å². The molecule has 1 aliphatic rings. The van der Waals surface area contributed by atoms with E-state index in [9.17, 15) is 72.5 Å². The van der Waals surface area contributed by atoms with Gasteiger partial charge in [-0.2, -0.15) is 0 Å². The number of amides is 12. The topological polar surface area (TPSA) is 572 Å². The maximum Gasteiger partial charge on any atom is 0.306 e. The molecule has 26 N–H and O–H groups in total. The zero-order valence-electron chi connectivity index (χ0n) is 54.8. The van der Waals surface area contributed by atoms with Gasteiger partial charge in [0.15, 0.2) is 0 Å². The van der Waals surface area contributed by atoms with Crippen LogP contribution in [0.4, 0.5) is 0 Å². The van der Waals surface area contributed by atoms with Crippen molar-refractivity contribution >= 4 is 76.9 Å². The van der Waals surface area contributed by atoms with Crippen molar-refractivity contribution < 1.29 is 77.3 Å². The highest BCUT2D eigenvalue weighted by atomic mass is 16.5. The van der Waals surface area contributed by atoms with Crippen molar-refractivity contribution in [2.45, 2.75) is 210 Å². The van der Waals surface area contributed by atoms with Crippen LogP contribution in [0.2, 0.25) is 0 Å². The molecule has 1 saturated heterocycles. The SMILES string of the molecule is CCCC(C)OC(=O)CCC(=O)N[C@@H](CCN)C(=O)N[C@@H](CCN)C(=O)N[C@H](C(=O)N[C@@H](CCN)C(=O)N[C@H]1CCNC(=O)[C@H](C(C)O)NC(=O)[C@H](CCN)NC(=O)[C@H](CCN)NC(=O)[C@H](CC(C)C)NC(=O)[C@@H](Cc2ccccc2)NC(=O)[C@H](CCN)NC1=O)C(C)O. The Morgan fingerprint density at radius 2 is 0.989 bits per heavy atom. The number of hydrogen-bond donors (Lipinski definition) is 20. The average Bonchev–Trinajstić information content (AvgIpc) is 0.935. The lowest BCUT2D eigenvalue weighted by atomic mass is 10.00. The lowest BCUT2D eigenvalue weighted by Crippen LogP contribution is -2.62. The Morgan fingerprint density at radius 1 is 0.532 bits per heavy atom. The highest BCUT2D eigenvalue weighted by Gasteiger charge is 2.38. The molecular weight excluding hydrogens is 1230 g/mol. The molecule has 1 aromatic carbocycles. The van der Waals surface area contributed by atoms with Gasteiger partial charge in [0.2, 0.25) is 70.9 Å². The van der Waals surface area contributed by atoms with Gasteiger partial charge >= 0.3 is 5.97 Å². The van der Waals surface area contributed by atoms with Gasteiger partial charge in [0.1, 0.15) is 66.5 Å². The fourth-order valence-electron chi connectivity index (χ4n) is 9.81. The molecule has 34 heteroatoms. The van der Waals surface area contributed by atoms with E-state index in [0.717, 1.165) is 13.3 Å². The summed E-state index contributed by atoms with van der Waals surface area (Å²) in [6, 6.07) is -8.40. The lowest BCUT2D eigenvalue weighted by Gasteiger charge is -2.29. The van der Waals surface area contributed by atoms with Gasteiger partial charge in [-0.3, -0.25) is 62.3 Å². The molecule has 0 bridgehead atoms. The van der Waals surface area contributed by atoms with Crippen LogP contribution in [0.15, 0.2) is 30.3 Å². The van der Waals surface area contributed by atoms with Crippen molar-refractivity contribution in [1.82, 2.24) is 63.8 Å². The lowest BCUT2D eigenvalue weighted by molar-refractivity contribution is -0.149. The smallest absolute Gasteiger partial charge is 0.306 e. The van der Waals surface area contributed by atoms with Gasteiger partial charge in [0.25, 0.3) is 0 Å². The predicted molar refractivity (Wildman–Crippen MR) is 344 cm³/mol. The molecule has 12 amide bonds. The number of carbonyl (C=O) groups is 13. The van der Waals surface area contributed by atoms with Gasteiger partial charge in [-0.25, -0.2) is 0 Å². The first-order chi connectivity index (χ1) is 44.6. The van der Waals surface area contributed by atoms with Crippen LogP contribution in [0, 0.1) is 5.92 Å². The van der Waals surface area contributed by atoms with Crippen molar-refractivity contribution in [3.05, 3.63) is 35.9 Å². The Morgan fingerprint density at radius 3 is 1.49 bits per heavy atom. The van der Waals surface area contributed by atoms with E-state index in [1.165, 1.54) is 6.92 Å². The minimum Gasteiger partial charge on any atom is -0.463 e. The predicted octanol–water partition coefficient (Wildman–Crippen LogP) is -7.51. The number of ether oxygens (including phenoxy) is 1. The maximum atomic E-state index is 14.6. The fraction of sp³-hybridized carbons (Fsp3) is 0.683. The van der Waals surface area contributed by atoms with Crippen molar-refractivity contribution in [3.63, 3.8) is 0 Å². The zero-order chi connectivity index (χ0) is 70.6. The zero-order valence-corrected chi connectivity index (χ0v) is 54.8. The third-order valence-corrected chi connectivity index (χ3v) is 14.9. The molecule has 0 aromatic heterocycles. The first-order valence-corrected chi connectivity index (χ1v) is 32.0. The number of nitrogens with two attached hydrogens (primary N) is 6. The van der Waals surface area contributed by atoms with Crippen LogP contribution in [-0.4, -0.2) is 218 Å². The largest absolute Gasteiger partial charge is 0.463 e. The van der Waals surface area contributed by atoms with Gasteiger partial charge in [-0.1, -0.05) is 57.5 Å². The second kappa shape index (κ2) is 43.8. The Labute approximate surface area is 548 Å². The second-order valence-corrected chi connectivity index (χ2v) is 23.5. The number of rotatable bonds is 33. The summed E-state index contributed by atoms with van der Waals surface area (Å²) >= 11 is 0. The van der Waals surface area contributed by atoms with E-state index in [-0.39, 0.29) is 115 Å². The second-order valence-electron chi connectivity index (χ2n) is 23.5. The van der Waals surface area contributed by atoms with Gasteiger partial charge in [0, 0.05) is 19.4 Å². The highest BCUT2D eigenvalue weighted by molar-refractivity contribution is 6.00. The summed E-state index contributed by atoms with van der Waals surface area (Å²) in [5, 5.41) is 51.9. The monoisotopic (exact) mass is 1330 g/mol. The minimum absolute atomic E-state index is 0.0228. The number of aliphatic hydroxyl groups is 2. The van der Waals surface area contributed by atoms with Crippen molar-refractivity contribution in [3.8, 4) is 0 Å². The molecule has 0 radical (unpaired) electrons. The number of aliphatic hydroxyl groups excluding tert-OH is 2. The van der Waals surface area contributed by atoms with Crippen LogP contribution in [0.3, 0.4) is 0 Å². The molecule has 1 fully saturated rings. The number of hydrogen-bond acceptors (Lipinski definition) is 22. The van der Waals surface area contributed by atoms with E-state index in [1.807, 2.05) is 6.92 Å². The van der Waals surface area contributed by atoms with Crippen molar-refractivity contribution in [2.75, 3.05) is 45.8 Å². The summed E-state index contributed by atoms with van der Waals surface area (Å²) in [6.07, 6.45) is -4.81. The molecule has 0 aliphatic carbocycles. The number of benzene rings is 1. The van der Waals surface area contributed by atoms with Crippen LogP contribution in [0.5, 0.6) is 0 Å². The molecular formula is C60H104N18O16. The Hall–Kier alpha value is -7.99. The van der Waals surface area contributed by atoms with Crippen LogP contribution >= 0.6 is 0 Å². The van der Waals surface area contributed by atoms with E-state index in [4.69, 9.17) is 39.1 Å². The summed E-state index contributed by atoms with van der Waals surface area (Å²) in [7, 11) is 0. The van der Waals surface area contributed by atoms with Crippen LogP contribution < -0.4 is 98.2 Å². The maximum absolute atomic E-state index is 14.6. The van der Waals surface area contributed by atoms with E-state index < -0.39 is 168 Å². The molecule has 94 heavy (non-hydrogen) atoms. The third kappa shape index (κ3) is 29.5. The number of carbonyl (C=O) groups excluding carboxylic acids is 13. The first kappa shape index (κ1) is 82.1. The first-order valence-electron chi connectivity index (χ1n) is 32.0. The molecule has 1 aliphatic heterocycles. The molecule has 530 valence electrons. The van der Waals surface area contributed by atoms with Gasteiger partial charge in [0.05, 0.1) is 24.7 Å². The van der Waals surface area contributed by atoms with Crippen molar-refractivity contribution in [2.24, 2.45) is 40.3 Å². The summed E-state index contributed by atoms with van der Waals surface area (Å²) in [4.78, 5) is 181. The summed E-state index contributed by atoms with van der Waals surface area (Å²) < 4.78 is 5.28. The Balaban J connectivity index is 2.64. The normalized spacial score (nSPS) is 22.0. The third-order valence-electron chi connectivity index (χ3n) is 14.9. The quantitative estimate of drug-likeness (QED) is 0.0291. The highest BCUT2D eigenvalue weighted by Crippen LogP contribution is 2.12. The molecule has 14 atom stereocenters. The molecule has 0 saturated carbocycles. The average molecular weight is 1330 g/mol. The van der Waals surface area contributed by atoms with Gasteiger partial charge in [-0.15, -0.1) is 0 Å². The molecule has 0 spiro atoms. The number of nitrogens with one attached hydrogen (secondary N) is 12. The van der Waals surface area contributed by atoms with Crippen LogP contribution in [0.25, 0.3) is 0 Å². The van der Waals surface area contributed by atoms with Gasteiger partial charge < -0.3 is 113 Å². The van der Waals surface area contributed by atoms with E-state index in [0.29, 0.717) is 12.0 Å². The summed E-state index contributed by atoms with van der Waals surface area (Å²) in [5.74, 6) is -12.3. The molecule has 1 heterocycles. The summed E-state index contributed by atoms with van der Waals surface area (Å²) in [5.41, 5.74) is 35.7. The molecule has 2 rings (SSSR count). The Bertz CT molecular complexity index is 2640. The van der Waals surface area contributed by atoms with Crippen LogP contribution in [-0.2, 0) is 73.5 Å². The van der Waals surface area contributed by atoms with Crippen molar-refractivity contribution in [1.29, 1.82) is 0 Å². The number of esters is 1. The fourth-order valence-corrected chi connectivity index (χ4v) is 9.81. The van der Waals surface area contributed by atoms with E-state index >= 15 is 0 Å². The molecule has 3 unspecified atom stereocenters. The van der Waals surface area contributed by atoms with E-state index in [1.54, 1.807) is 51.1 Å². The standard InChI is InChI=1S/C60H104N18O16/c1-7-11-33(4)94-47(82)15-14-46(81)68-37(16-23-61)50(83)70-42(21-28-66)56(89)78-49(35(6)80)60(93)74-40(19-26-64)52(85)73-43-22-29-67-59(92)48(34(5)79)77-55(88)41(20-27-65)71-51(84)38(17-24-62)72-57(90)44(30-32(2)3)75-58(91)45(31-36-12-9-8-10-13-36)76-53(86)39(18-25-63)69-54(43)87/h8-10,12-13,32-35,37-45,48-49,79-80H,7,11,14-31,61-66H2,1-6H3,(H,67,92)(H,68,81)(H,69,87)(H,70,83)(H,71,84)(H,72,90)(H,73,85)(H,74,93)(H,75,91)(H,76,86)(H,77,88)(H,78,89)/t33?,34?,35?,37-,38-,39-,40-,41-,42-,43-,44-,45+,48-,49-/m0/s1. The van der Waals surface area contributed by atoms with Gasteiger partial charge in [-0.05, 0) is 129 Å².